The number of nitrogens with zero attached hydrogens (tertiary/aromatic N) is 3. The molecule has 0 aliphatic heterocycles. The van der Waals surface area contributed by atoms with Crippen molar-refractivity contribution in [2.75, 3.05) is 25.6 Å². The first-order chi connectivity index (χ1) is 8.10. The molecule has 0 fully saturated rings. The molecule has 0 amide bonds. The Kier molecular flexibility index (Phi) is 6.02. The van der Waals surface area contributed by atoms with Crippen molar-refractivity contribution in [3.8, 4) is 0 Å². The fourth-order valence-corrected chi connectivity index (χ4v) is 2.49. The number of likely N-dealkylation sites (N-methyl/N-ethyl adjacent to an activating group) is 1. The summed E-state index contributed by atoms with van der Waals surface area (Å²) in [7, 11) is 4.09. The Balaban J connectivity index is 2.80. The van der Waals surface area contributed by atoms with E-state index in [2.05, 4.69) is 36.4 Å². The van der Waals surface area contributed by atoms with Crippen molar-refractivity contribution < 1.29 is 0 Å². The number of aryl methyl sites for hydroxylation is 1. The van der Waals surface area contributed by atoms with Gasteiger partial charge >= 0.3 is 0 Å². The molecule has 4 nitrogen and oxygen atoms in total. The normalized spacial score (nSPS) is 15.2. The van der Waals surface area contributed by atoms with Crippen LogP contribution in [0.5, 0.6) is 0 Å². The van der Waals surface area contributed by atoms with Gasteiger partial charge in [-0.05, 0) is 19.7 Å². The van der Waals surface area contributed by atoms with Gasteiger partial charge in [-0.25, -0.2) is 0 Å². The molecule has 2 N–H and O–H groups in total. The lowest BCUT2D eigenvalue weighted by atomic mass is 10.00. The van der Waals surface area contributed by atoms with Crippen LogP contribution < -0.4 is 5.73 Å². The lowest BCUT2D eigenvalue weighted by Gasteiger charge is -2.31. The maximum Gasteiger partial charge on any atom is 0.0538 e. The van der Waals surface area contributed by atoms with E-state index in [1.54, 1.807) is 0 Å². The van der Waals surface area contributed by atoms with Crippen LogP contribution in [0.15, 0.2) is 12.4 Å². The summed E-state index contributed by atoms with van der Waals surface area (Å²) < 4.78 is 1.84. The van der Waals surface area contributed by atoms with Crippen molar-refractivity contribution in [1.82, 2.24) is 14.7 Å². The molecule has 0 aliphatic rings. The van der Waals surface area contributed by atoms with E-state index in [1.807, 2.05) is 29.7 Å². The standard InChI is InChI=1S/C12H24N4S/c1-5-11(13)12(15(2)6-7-17-4)10-8-14-16(3)9-10/h8-9,11-12H,5-7,13H2,1-4H3. The maximum absolute atomic E-state index is 6.25. The van der Waals surface area contributed by atoms with Crippen LogP contribution in [0.25, 0.3) is 0 Å². The number of hydrogen-bond acceptors (Lipinski definition) is 4. The second kappa shape index (κ2) is 7.03. The molecule has 17 heavy (non-hydrogen) atoms. The minimum absolute atomic E-state index is 0.158. The zero-order chi connectivity index (χ0) is 12.8. The number of thioether (sulfide) groups is 1. The Bertz CT molecular complexity index is 326. The van der Waals surface area contributed by atoms with E-state index in [-0.39, 0.29) is 12.1 Å². The Morgan fingerprint density at radius 3 is 2.76 bits per heavy atom. The van der Waals surface area contributed by atoms with E-state index < -0.39 is 0 Å². The first-order valence-corrected chi connectivity index (χ1v) is 7.42. The van der Waals surface area contributed by atoms with Crippen molar-refractivity contribution in [2.45, 2.75) is 25.4 Å². The number of nitrogens with two attached hydrogens (primary N) is 1. The molecule has 98 valence electrons. The van der Waals surface area contributed by atoms with Gasteiger partial charge in [-0.2, -0.15) is 16.9 Å². The molecular weight excluding hydrogens is 232 g/mol. The topological polar surface area (TPSA) is 47.1 Å². The summed E-state index contributed by atoms with van der Waals surface area (Å²) >= 11 is 1.86. The number of rotatable bonds is 7. The van der Waals surface area contributed by atoms with E-state index in [4.69, 9.17) is 5.73 Å². The number of hydrogen-bond donors (Lipinski definition) is 1. The van der Waals surface area contributed by atoms with Gasteiger partial charge in [-0.3, -0.25) is 9.58 Å². The van der Waals surface area contributed by atoms with Crippen molar-refractivity contribution in [1.29, 1.82) is 0 Å². The van der Waals surface area contributed by atoms with Crippen LogP contribution in [-0.2, 0) is 7.05 Å². The maximum atomic E-state index is 6.25. The molecule has 2 unspecified atom stereocenters. The molecule has 0 spiro atoms. The van der Waals surface area contributed by atoms with Gasteiger partial charge in [-0.1, -0.05) is 6.92 Å². The molecule has 0 radical (unpaired) electrons. The van der Waals surface area contributed by atoms with Crippen LogP contribution in [0.4, 0.5) is 0 Å². The predicted molar refractivity (Wildman–Crippen MR) is 75.2 cm³/mol. The quantitative estimate of drug-likeness (QED) is 0.803. The van der Waals surface area contributed by atoms with Crippen LogP contribution in [0, 0.1) is 0 Å². The van der Waals surface area contributed by atoms with Crippen molar-refractivity contribution >= 4 is 11.8 Å². The van der Waals surface area contributed by atoms with Gasteiger partial charge in [0.05, 0.1) is 12.2 Å². The lowest BCUT2D eigenvalue weighted by Crippen LogP contribution is -2.39. The minimum Gasteiger partial charge on any atom is -0.326 e. The van der Waals surface area contributed by atoms with Gasteiger partial charge in [0.2, 0.25) is 0 Å². The molecule has 0 saturated carbocycles. The Hall–Kier alpha value is -0.520. The predicted octanol–water partition coefficient (Wildman–Crippen LogP) is 1.49. The summed E-state index contributed by atoms with van der Waals surface area (Å²) in [4.78, 5) is 2.34. The highest BCUT2D eigenvalue weighted by molar-refractivity contribution is 7.98. The third-order valence-electron chi connectivity index (χ3n) is 3.07. The smallest absolute Gasteiger partial charge is 0.0538 e. The molecule has 1 rings (SSSR count). The van der Waals surface area contributed by atoms with Crippen LogP contribution >= 0.6 is 11.8 Å². The summed E-state index contributed by atoms with van der Waals surface area (Å²) in [6.45, 7) is 3.19. The van der Waals surface area contributed by atoms with Gasteiger partial charge in [0.25, 0.3) is 0 Å². The fraction of sp³-hybridized carbons (Fsp3) is 0.750. The fourth-order valence-electron chi connectivity index (χ4n) is 2.02. The Morgan fingerprint density at radius 1 is 1.59 bits per heavy atom. The summed E-state index contributed by atoms with van der Waals surface area (Å²) in [5.74, 6) is 1.13. The molecule has 1 aromatic rings. The minimum atomic E-state index is 0.158. The highest BCUT2D eigenvalue weighted by Gasteiger charge is 2.23. The van der Waals surface area contributed by atoms with Gasteiger partial charge < -0.3 is 5.73 Å². The summed E-state index contributed by atoms with van der Waals surface area (Å²) in [5, 5.41) is 4.25. The first-order valence-electron chi connectivity index (χ1n) is 6.03. The second-order valence-corrected chi connectivity index (χ2v) is 5.42. The largest absolute Gasteiger partial charge is 0.326 e. The van der Waals surface area contributed by atoms with Crippen molar-refractivity contribution in [3.63, 3.8) is 0 Å². The SMILES string of the molecule is CCC(N)C(c1cnn(C)c1)N(C)CCSC. The monoisotopic (exact) mass is 256 g/mol. The average Bonchev–Trinajstić information content (AvgIpc) is 2.73. The van der Waals surface area contributed by atoms with Gasteiger partial charge in [0.15, 0.2) is 0 Å². The van der Waals surface area contributed by atoms with Crippen LogP contribution in [-0.4, -0.2) is 46.3 Å². The van der Waals surface area contributed by atoms with Gasteiger partial charge in [-0.15, -0.1) is 0 Å². The highest BCUT2D eigenvalue weighted by Crippen LogP contribution is 2.23. The third-order valence-corrected chi connectivity index (χ3v) is 3.66. The summed E-state index contributed by atoms with van der Waals surface area (Å²) in [6.07, 6.45) is 7.10. The van der Waals surface area contributed by atoms with E-state index in [1.165, 1.54) is 5.56 Å². The van der Waals surface area contributed by atoms with E-state index in [9.17, 15) is 0 Å². The highest BCUT2D eigenvalue weighted by atomic mass is 32.2. The van der Waals surface area contributed by atoms with E-state index >= 15 is 0 Å². The van der Waals surface area contributed by atoms with Gasteiger partial charge in [0, 0.05) is 37.1 Å². The molecule has 0 aliphatic carbocycles. The van der Waals surface area contributed by atoms with Crippen molar-refractivity contribution in [2.24, 2.45) is 12.8 Å². The van der Waals surface area contributed by atoms with E-state index in [0.29, 0.717) is 0 Å². The Labute approximate surface area is 109 Å². The van der Waals surface area contributed by atoms with Crippen LogP contribution in [0.3, 0.4) is 0 Å². The van der Waals surface area contributed by atoms with Crippen LogP contribution in [0.1, 0.15) is 24.9 Å². The zero-order valence-corrected chi connectivity index (χ0v) is 12.1. The number of aromatic nitrogens is 2. The molecule has 1 heterocycles. The molecule has 1 aromatic heterocycles. The molecule has 5 heteroatoms. The second-order valence-electron chi connectivity index (χ2n) is 4.44. The Morgan fingerprint density at radius 2 is 2.29 bits per heavy atom. The average molecular weight is 256 g/mol. The molecule has 0 aromatic carbocycles. The lowest BCUT2D eigenvalue weighted by molar-refractivity contribution is 0.221. The summed E-state index contributed by atoms with van der Waals surface area (Å²) in [6, 6.07) is 0.423. The van der Waals surface area contributed by atoms with Gasteiger partial charge in [0.1, 0.15) is 0 Å². The first kappa shape index (κ1) is 14.5. The third kappa shape index (κ3) is 4.01. The molecular formula is C12H24N4S. The zero-order valence-electron chi connectivity index (χ0n) is 11.3. The molecule has 0 saturated heterocycles. The van der Waals surface area contributed by atoms with E-state index in [0.717, 1.165) is 18.7 Å². The summed E-state index contributed by atoms with van der Waals surface area (Å²) in [5.41, 5.74) is 7.46. The molecule has 0 bridgehead atoms. The molecule has 2 atom stereocenters. The van der Waals surface area contributed by atoms with Crippen LogP contribution in [0.2, 0.25) is 0 Å². The van der Waals surface area contributed by atoms with Crippen molar-refractivity contribution in [3.05, 3.63) is 18.0 Å².